The molecule has 3 amide bonds. The van der Waals surface area contributed by atoms with Crippen molar-refractivity contribution in [2.45, 2.75) is 45.2 Å². The van der Waals surface area contributed by atoms with E-state index in [1.807, 2.05) is 84.1 Å². The molecule has 2 heterocycles. The fourth-order valence-electron chi connectivity index (χ4n) is 5.45. The number of carbonyl (C=O) groups is 3. The highest BCUT2D eigenvalue weighted by Gasteiger charge is 2.37. The van der Waals surface area contributed by atoms with Gasteiger partial charge in [0.05, 0.1) is 16.9 Å². The topological polar surface area (TPSA) is 110 Å². The molecular formula is C34H36F3N5O3. The van der Waals surface area contributed by atoms with Gasteiger partial charge in [-0.25, -0.2) is 4.68 Å². The van der Waals surface area contributed by atoms with Gasteiger partial charge in [-0.15, -0.1) is 0 Å². The molecule has 0 saturated carbocycles. The van der Waals surface area contributed by atoms with Crippen molar-refractivity contribution in [2.24, 2.45) is 5.73 Å². The molecule has 1 aromatic heterocycles. The molecule has 0 saturated heterocycles. The summed E-state index contributed by atoms with van der Waals surface area (Å²) in [7, 11) is 0. The third-order valence-corrected chi connectivity index (χ3v) is 7.80. The van der Waals surface area contributed by atoms with Crippen LogP contribution in [0.3, 0.4) is 0 Å². The molecule has 1 atom stereocenters. The molecule has 1 aliphatic heterocycles. The van der Waals surface area contributed by atoms with E-state index in [9.17, 15) is 27.6 Å². The zero-order valence-electron chi connectivity index (χ0n) is 24.8. The van der Waals surface area contributed by atoms with E-state index >= 15 is 0 Å². The average Bonchev–Trinajstić information content (AvgIpc) is 3.33. The van der Waals surface area contributed by atoms with Gasteiger partial charge in [0.1, 0.15) is 5.82 Å². The average molecular weight is 620 g/mol. The number of hydrogen-bond donors (Lipinski definition) is 2. The molecule has 3 N–H and O–H groups in total. The number of nitrogens with two attached hydrogens (primary N) is 1. The van der Waals surface area contributed by atoms with Gasteiger partial charge in [-0.2, -0.15) is 18.3 Å². The highest BCUT2D eigenvalue weighted by Crippen LogP contribution is 2.43. The lowest BCUT2D eigenvalue weighted by molar-refractivity contribution is -0.137. The quantitative estimate of drug-likeness (QED) is 0.242. The minimum atomic E-state index is -4.44. The molecule has 45 heavy (non-hydrogen) atoms. The van der Waals surface area contributed by atoms with Crippen LogP contribution in [0.2, 0.25) is 0 Å². The third kappa shape index (κ3) is 6.67. The number of hydrogen-bond acceptors (Lipinski definition) is 4. The monoisotopic (exact) mass is 619 g/mol. The Kier molecular flexibility index (Phi) is 8.89. The normalized spacial score (nSPS) is 15.7. The first kappa shape index (κ1) is 31.2. The van der Waals surface area contributed by atoms with Crippen LogP contribution >= 0.6 is 0 Å². The highest BCUT2D eigenvalue weighted by molar-refractivity contribution is 6.04. The summed E-state index contributed by atoms with van der Waals surface area (Å²) in [6, 6.07) is 21.7. The summed E-state index contributed by atoms with van der Waals surface area (Å²) < 4.78 is 38.1. The summed E-state index contributed by atoms with van der Waals surface area (Å²) >= 11 is 0. The predicted octanol–water partition coefficient (Wildman–Crippen LogP) is 7.02. The molecule has 0 radical (unpaired) electrons. The number of aryl methyl sites for hydroxylation is 1. The number of benzene rings is 3. The Bertz CT molecular complexity index is 1790. The Morgan fingerprint density at radius 1 is 1.04 bits per heavy atom. The zero-order chi connectivity index (χ0) is 32.3. The second-order valence-electron chi connectivity index (χ2n) is 10.8. The van der Waals surface area contributed by atoms with E-state index in [2.05, 4.69) is 5.32 Å². The maximum absolute atomic E-state index is 13.2. The molecule has 0 fully saturated rings. The number of anilines is 2. The summed E-state index contributed by atoms with van der Waals surface area (Å²) in [6.45, 7) is 4.58. The molecule has 11 heteroatoms. The van der Waals surface area contributed by atoms with Crippen LogP contribution < -0.4 is 16.0 Å². The number of allylic oxidation sites excluding steroid dienone is 1. The molecule has 6 rings (SSSR count). The predicted molar refractivity (Wildman–Crippen MR) is 169 cm³/mol. The van der Waals surface area contributed by atoms with Gasteiger partial charge in [-0.3, -0.25) is 19.3 Å². The van der Waals surface area contributed by atoms with E-state index in [1.54, 1.807) is 0 Å². The summed E-state index contributed by atoms with van der Waals surface area (Å²) in [4.78, 5) is 37.9. The highest BCUT2D eigenvalue weighted by atomic mass is 19.4. The summed E-state index contributed by atoms with van der Waals surface area (Å²) in [5, 5.41) is 7.83. The van der Waals surface area contributed by atoms with Crippen molar-refractivity contribution in [1.29, 1.82) is 0 Å². The molecule has 0 bridgehead atoms. The van der Waals surface area contributed by atoms with Gasteiger partial charge in [0.2, 0.25) is 11.8 Å². The smallest absolute Gasteiger partial charge is 0.366 e. The van der Waals surface area contributed by atoms with Crippen molar-refractivity contribution in [2.75, 3.05) is 16.8 Å². The number of nitrogens with zero attached hydrogens (tertiary/aromatic N) is 3. The van der Waals surface area contributed by atoms with Crippen LogP contribution in [0.4, 0.5) is 24.7 Å². The van der Waals surface area contributed by atoms with E-state index in [-0.39, 0.29) is 26.1 Å². The van der Waals surface area contributed by atoms with Crippen molar-refractivity contribution in [3.63, 3.8) is 0 Å². The molecule has 4 aromatic rings. The fraction of sp³-hybridized carbons (Fsp3) is 0.235. The Labute approximate surface area is 261 Å². The Morgan fingerprint density at radius 3 is 2.38 bits per heavy atom. The largest absolute Gasteiger partial charge is 0.416 e. The lowest BCUT2D eigenvalue weighted by atomic mass is 9.85. The third-order valence-electron chi connectivity index (χ3n) is 7.80. The molecule has 2 aliphatic rings. The van der Waals surface area contributed by atoms with Crippen molar-refractivity contribution >= 4 is 29.2 Å². The Hall–Kier alpha value is -5.19. The summed E-state index contributed by atoms with van der Waals surface area (Å²) in [5.74, 6) is -0.106. The number of primary amides is 1. The molecule has 3 aromatic carbocycles. The fourth-order valence-corrected chi connectivity index (χ4v) is 5.45. The molecule has 0 spiro atoms. The second kappa shape index (κ2) is 12.8. The van der Waals surface area contributed by atoms with Gasteiger partial charge in [-0.1, -0.05) is 42.5 Å². The molecule has 0 unspecified atom stereocenters. The number of amides is 3. The van der Waals surface area contributed by atoms with E-state index in [0.29, 0.717) is 13.0 Å². The van der Waals surface area contributed by atoms with Crippen molar-refractivity contribution in [3.05, 3.63) is 118 Å². The standard InChI is InChI=1S/C26H26N4O2.C8H6F3NO.2H2/c1-3-29-23(31)16-22(19-11-8-12-20(15-19)27-25(32)18-9-7-10-18)24-17(2)28-30(26(24)29)21-13-5-4-6-14-21;9-8(10,11)6-3-1-2-5(4-6)7(12)13;;/h4-6,8-9,11-15,22H,3,7,10,16H2,1-2H3,(H,27,32);1-4H,(H2,12,13);2*1H/t22-;;;/m0.../s1. The van der Waals surface area contributed by atoms with Gasteiger partial charge in [0.25, 0.3) is 5.91 Å². The van der Waals surface area contributed by atoms with Crippen LogP contribution in [-0.4, -0.2) is 34.0 Å². The number of fused-ring (bicyclic) bond motifs is 1. The van der Waals surface area contributed by atoms with Gasteiger partial charge in [0, 0.05) is 44.1 Å². The SMILES string of the molecule is CCN1C(=O)C[C@@H](c2cccc(NC(=O)C3=CCC3)c2)c2c(C)nn(-c3ccccc3)c21.NC(=O)c1cccc(C(F)(F)F)c1.[HH].[HH]. The second-order valence-corrected chi connectivity index (χ2v) is 10.8. The van der Waals surface area contributed by atoms with Crippen LogP contribution in [0, 0.1) is 6.92 Å². The van der Waals surface area contributed by atoms with Crippen molar-refractivity contribution in [3.8, 4) is 5.69 Å². The number of rotatable bonds is 6. The number of carbonyl (C=O) groups excluding carboxylic acids is 3. The number of para-hydroxylation sites is 1. The molecule has 8 nitrogen and oxygen atoms in total. The Balaban J connectivity index is 0.000000341. The van der Waals surface area contributed by atoms with E-state index in [4.69, 9.17) is 10.8 Å². The van der Waals surface area contributed by atoms with Gasteiger partial charge >= 0.3 is 6.18 Å². The van der Waals surface area contributed by atoms with E-state index in [0.717, 1.165) is 70.6 Å². The van der Waals surface area contributed by atoms with Crippen molar-refractivity contribution in [1.82, 2.24) is 9.78 Å². The zero-order valence-corrected chi connectivity index (χ0v) is 24.8. The maximum Gasteiger partial charge on any atom is 0.416 e. The first-order chi connectivity index (χ1) is 21.5. The summed E-state index contributed by atoms with van der Waals surface area (Å²) in [5.41, 5.74) is 9.31. The molecule has 1 aliphatic carbocycles. The lowest BCUT2D eigenvalue weighted by Gasteiger charge is -2.32. The van der Waals surface area contributed by atoms with E-state index < -0.39 is 17.6 Å². The van der Waals surface area contributed by atoms with E-state index in [1.165, 1.54) is 6.07 Å². The van der Waals surface area contributed by atoms with Gasteiger partial charge < -0.3 is 11.1 Å². The lowest BCUT2D eigenvalue weighted by Crippen LogP contribution is -2.38. The number of halogens is 3. The number of nitrogens with one attached hydrogen (secondary N) is 1. The first-order valence-electron chi connectivity index (χ1n) is 14.5. The van der Waals surface area contributed by atoms with Crippen LogP contribution in [0.15, 0.2) is 90.5 Å². The van der Waals surface area contributed by atoms with Crippen molar-refractivity contribution < 1.29 is 30.4 Å². The van der Waals surface area contributed by atoms with Gasteiger partial charge in [0.15, 0.2) is 0 Å². The van der Waals surface area contributed by atoms with Crippen LogP contribution in [0.25, 0.3) is 5.69 Å². The number of alkyl halides is 3. The molecular weight excluding hydrogens is 583 g/mol. The molecule has 236 valence electrons. The van der Waals surface area contributed by atoms with Crippen LogP contribution in [0.1, 0.15) is 67.7 Å². The van der Waals surface area contributed by atoms with Crippen LogP contribution in [0.5, 0.6) is 0 Å². The minimum Gasteiger partial charge on any atom is -0.366 e. The first-order valence-corrected chi connectivity index (χ1v) is 14.5. The van der Waals surface area contributed by atoms with Crippen LogP contribution in [-0.2, 0) is 15.8 Å². The summed E-state index contributed by atoms with van der Waals surface area (Å²) in [6.07, 6.45) is -0.298. The number of aromatic nitrogens is 2. The maximum atomic E-state index is 13.2. The Morgan fingerprint density at radius 2 is 1.76 bits per heavy atom. The van der Waals surface area contributed by atoms with Gasteiger partial charge in [-0.05, 0) is 74.7 Å². The minimum absolute atomic E-state index is 0.